The van der Waals surface area contributed by atoms with Crippen LogP contribution >= 0.6 is 0 Å². The summed E-state index contributed by atoms with van der Waals surface area (Å²) in [6.07, 6.45) is -7.74. The quantitative estimate of drug-likeness (QED) is 0.513. The van der Waals surface area contributed by atoms with Crippen LogP contribution in [0.5, 0.6) is 0 Å². The standard InChI is InChI=1S/C11H14FN3O6/c1-4(16)13-5-2-3-15(11(20)14-5)10-7(18)6(17)8(21-10)9(12)19/h2-3,6-10,17-19H,1H3,(H,13,14,16,20)/t6-,7+,8-,9?,10+/m0/s1. The van der Waals surface area contributed by atoms with E-state index in [0.29, 0.717) is 0 Å². The summed E-state index contributed by atoms with van der Waals surface area (Å²) < 4.78 is 18.6. The number of aliphatic hydroxyl groups excluding tert-OH is 3. The number of hydrogen-bond acceptors (Lipinski definition) is 7. The zero-order valence-electron chi connectivity index (χ0n) is 10.9. The first kappa shape index (κ1) is 15.5. The van der Waals surface area contributed by atoms with Crippen LogP contribution < -0.4 is 11.0 Å². The van der Waals surface area contributed by atoms with Gasteiger partial charge in [0.1, 0.15) is 24.1 Å². The van der Waals surface area contributed by atoms with Crippen molar-refractivity contribution in [1.29, 1.82) is 0 Å². The molecular weight excluding hydrogens is 289 g/mol. The fourth-order valence-corrected chi connectivity index (χ4v) is 2.00. The lowest BCUT2D eigenvalue weighted by molar-refractivity contribution is -0.131. The van der Waals surface area contributed by atoms with Crippen molar-refractivity contribution in [2.75, 3.05) is 5.32 Å². The summed E-state index contributed by atoms with van der Waals surface area (Å²) in [5.74, 6) is -0.424. The van der Waals surface area contributed by atoms with Gasteiger partial charge in [-0.05, 0) is 6.07 Å². The Hall–Kier alpha value is -1.88. The lowest BCUT2D eigenvalue weighted by atomic mass is 10.1. The Morgan fingerprint density at radius 2 is 2.19 bits per heavy atom. The fraction of sp³-hybridized carbons (Fsp3) is 0.545. The maximum Gasteiger partial charge on any atom is 0.351 e. The van der Waals surface area contributed by atoms with Gasteiger partial charge in [0.25, 0.3) is 0 Å². The molecule has 1 aromatic rings. The highest BCUT2D eigenvalue weighted by Crippen LogP contribution is 2.30. The number of hydrogen-bond donors (Lipinski definition) is 4. The zero-order chi connectivity index (χ0) is 15.7. The fourth-order valence-electron chi connectivity index (χ4n) is 2.00. The first-order chi connectivity index (χ1) is 9.81. The topological polar surface area (TPSA) is 134 Å². The highest BCUT2D eigenvalue weighted by molar-refractivity contribution is 5.87. The first-order valence-corrected chi connectivity index (χ1v) is 6.02. The number of aliphatic hydroxyl groups is 3. The van der Waals surface area contributed by atoms with Crippen LogP contribution in [0.1, 0.15) is 13.2 Å². The molecule has 0 aromatic carbocycles. The van der Waals surface area contributed by atoms with Crippen LogP contribution in [-0.4, -0.2) is 55.4 Å². The smallest absolute Gasteiger partial charge is 0.351 e. The molecule has 0 spiro atoms. The van der Waals surface area contributed by atoms with Gasteiger partial charge in [-0.25, -0.2) is 9.18 Å². The molecule has 10 heteroatoms. The Morgan fingerprint density at radius 3 is 2.67 bits per heavy atom. The third-order valence-corrected chi connectivity index (χ3v) is 2.95. The molecule has 2 rings (SSSR count). The van der Waals surface area contributed by atoms with Gasteiger partial charge in [0.05, 0.1) is 0 Å². The van der Waals surface area contributed by atoms with E-state index in [1.807, 2.05) is 0 Å². The highest BCUT2D eigenvalue weighted by atomic mass is 19.1. The maximum atomic E-state index is 12.8. The third-order valence-electron chi connectivity index (χ3n) is 2.95. The molecule has 0 aliphatic carbocycles. The van der Waals surface area contributed by atoms with Crippen LogP contribution in [0.15, 0.2) is 17.1 Å². The van der Waals surface area contributed by atoms with E-state index in [1.165, 1.54) is 13.0 Å². The lowest BCUT2D eigenvalue weighted by Gasteiger charge is -2.17. The van der Waals surface area contributed by atoms with Crippen LogP contribution in [0.25, 0.3) is 0 Å². The van der Waals surface area contributed by atoms with Crippen LogP contribution in [0.2, 0.25) is 0 Å². The zero-order valence-corrected chi connectivity index (χ0v) is 10.9. The first-order valence-electron chi connectivity index (χ1n) is 6.02. The van der Waals surface area contributed by atoms with Gasteiger partial charge in [0.15, 0.2) is 6.23 Å². The number of carbonyl (C=O) groups is 1. The van der Waals surface area contributed by atoms with Crippen molar-refractivity contribution in [2.45, 2.75) is 37.8 Å². The number of alkyl halides is 1. The molecule has 1 aromatic heterocycles. The van der Waals surface area contributed by atoms with E-state index in [1.54, 1.807) is 0 Å². The van der Waals surface area contributed by atoms with Crippen molar-refractivity contribution in [3.8, 4) is 0 Å². The number of anilines is 1. The second kappa shape index (κ2) is 5.85. The third kappa shape index (κ3) is 3.08. The molecule has 0 bridgehead atoms. The van der Waals surface area contributed by atoms with Gasteiger partial charge in [-0.15, -0.1) is 0 Å². The summed E-state index contributed by atoms with van der Waals surface area (Å²) >= 11 is 0. The number of carbonyl (C=O) groups excluding carboxylic acids is 1. The minimum atomic E-state index is -2.51. The predicted octanol–water partition coefficient (Wildman–Crippen LogP) is -1.89. The molecule has 1 unspecified atom stereocenters. The lowest BCUT2D eigenvalue weighted by Crippen LogP contribution is -2.37. The SMILES string of the molecule is CC(=O)Nc1ccn([C@@H]2O[C@H](C(O)F)[C@@H](O)[C@H]2O)c(=O)n1. The van der Waals surface area contributed by atoms with Crippen molar-refractivity contribution >= 4 is 11.7 Å². The molecule has 4 N–H and O–H groups in total. The number of amides is 1. The van der Waals surface area contributed by atoms with Crippen LogP contribution in [-0.2, 0) is 9.53 Å². The second-order valence-electron chi connectivity index (χ2n) is 4.53. The number of rotatable bonds is 3. The number of nitrogens with one attached hydrogen (secondary N) is 1. The molecule has 5 atom stereocenters. The highest BCUT2D eigenvalue weighted by Gasteiger charge is 2.47. The molecule has 0 radical (unpaired) electrons. The van der Waals surface area contributed by atoms with Crippen LogP contribution in [0, 0.1) is 0 Å². The minimum absolute atomic E-state index is 0.00105. The van der Waals surface area contributed by atoms with E-state index < -0.39 is 42.5 Å². The summed E-state index contributed by atoms with van der Waals surface area (Å²) in [5.41, 5.74) is -0.883. The van der Waals surface area contributed by atoms with Crippen molar-refractivity contribution in [3.05, 3.63) is 22.7 Å². The molecule has 1 fully saturated rings. The molecule has 9 nitrogen and oxygen atoms in total. The van der Waals surface area contributed by atoms with E-state index in [-0.39, 0.29) is 5.82 Å². The summed E-state index contributed by atoms with van der Waals surface area (Å²) in [6, 6.07) is 1.27. The van der Waals surface area contributed by atoms with Gasteiger partial charge < -0.3 is 25.4 Å². The van der Waals surface area contributed by atoms with Gasteiger partial charge in [0, 0.05) is 13.1 Å². The minimum Gasteiger partial charge on any atom is -0.387 e. The van der Waals surface area contributed by atoms with Crippen molar-refractivity contribution in [1.82, 2.24) is 9.55 Å². The summed E-state index contributed by atoms with van der Waals surface area (Å²) in [7, 11) is 0. The number of aromatic nitrogens is 2. The summed E-state index contributed by atoms with van der Waals surface area (Å²) in [6.45, 7) is 1.24. The van der Waals surface area contributed by atoms with E-state index in [0.717, 1.165) is 10.8 Å². The Balaban J connectivity index is 2.26. The average Bonchev–Trinajstić information content (AvgIpc) is 2.66. The number of halogens is 1. The van der Waals surface area contributed by atoms with E-state index in [2.05, 4.69) is 10.3 Å². The molecule has 1 aliphatic rings. The Bertz CT molecular complexity index is 592. The number of ether oxygens (including phenoxy) is 1. The Labute approximate surface area is 117 Å². The van der Waals surface area contributed by atoms with Gasteiger partial charge in [-0.1, -0.05) is 0 Å². The van der Waals surface area contributed by atoms with Gasteiger partial charge in [-0.3, -0.25) is 9.36 Å². The van der Waals surface area contributed by atoms with Gasteiger partial charge in [-0.2, -0.15) is 4.98 Å². The predicted molar refractivity (Wildman–Crippen MR) is 65.8 cm³/mol. The Kier molecular flexibility index (Phi) is 4.32. The van der Waals surface area contributed by atoms with Crippen molar-refractivity contribution < 1.29 is 29.2 Å². The van der Waals surface area contributed by atoms with Gasteiger partial charge in [0.2, 0.25) is 12.3 Å². The molecule has 2 heterocycles. The molecule has 1 aliphatic heterocycles. The summed E-state index contributed by atoms with van der Waals surface area (Å²) in [4.78, 5) is 26.2. The molecule has 1 amide bonds. The van der Waals surface area contributed by atoms with Crippen LogP contribution in [0.3, 0.4) is 0 Å². The Morgan fingerprint density at radius 1 is 1.52 bits per heavy atom. The molecule has 21 heavy (non-hydrogen) atoms. The monoisotopic (exact) mass is 303 g/mol. The molecular formula is C11H14FN3O6. The summed E-state index contributed by atoms with van der Waals surface area (Å²) in [5, 5.41) is 30.4. The van der Waals surface area contributed by atoms with E-state index in [9.17, 15) is 24.2 Å². The molecule has 0 saturated carbocycles. The maximum absolute atomic E-state index is 12.8. The normalized spacial score (nSPS) is 30.1. The number of nitrogens with zero attached hydrogens (tertiary/aromatic N) is 2. The molecule has 1 saturated heterocycles. The van der Waals surface area contributed by atoms with Gasteiger partial charge >= 0.3 is 5.69 Å². The largest absolute Gasteiger partial charge is 0.387 e. The van der Waals surface area contributed by atoms with Crippen molar-refractivity contribution in [3.63, 3.8) is 0 Å². The molecule has 116 valence electrons. The van der Waals surface area contributed by atoms with Crippen LogP contribution in [0.4, 0.5) is 10.2 Å². The average molecular weight is 303 g/mol. The van der Waals surface area contributed by atoms with Crippen molar-refractivity contribution in [2.24, 2.45) is 0 Å². The van der Waals surface area contributed by atoms with E-state index >= 15 is 0 Å². The second-order valence-corrected chi connectivity index (χ2v) is 4.53. The van der Waals surface area contributed by atoms with E-state index in [4.69, 9.17) is 9.84 Å².